The molecule has 0 radical (unpaired) electrons. The molecule has 0 fully saturated rings. The fourth-order valence-electron chi connectivity index (χ4n) is 2.10. The molecule has 18 heavy (non-hydrogen) atoms. The van der Waals surface area contributed by atoms with Crippen molar-refractivity contribution in [3.63, 3.8) is 0 Å². The molecule has 1 aromatic heterocycles. The van der Waals surface area contributed by atoms with Gasteiger partial charge in [0.2, 0.25) is 6.79 Å². The van der Waals surface area contributed by atoms with Crippen molar-refractivity contribution in [1.82, 2.24) is 15.3 Å². The molecule has 0 saturated carbocycles. The van der Waals surface area contributed by atoms with Gasteiger partial charge in [-0.15, -0.1) is 0 Å². The van der Waals surface area contributed by atoms with Gasteiger partial charge in [-0.1, -0.05) is 0 Å². The van der Waals surface area contributed by atoms with Crippen molar-refractivity contribution in [2.75, 3.05) is 13.8 Å². The molecule has 0 saturated heterocycles. The Morgan fingerprint density at radius 1 is 1.33 bits per heavy atom. The van der Waals surface area contributed by atoms with Gasteiger partial charge in [0.15, 0.2) is 11.5 Å². The Hall–Kier alpha value is -2.01. The second-order valence-electron chi connectivity index (χ2n) is 4.26. The maximum absolute atomic E-state index is 5.38. The highest BCUT2D eigenvalue weighted by Crippen LogP contribution is 2.36. The Morgan fingerprint density at radius 2 is 2.17 bits per heavy atom. The molecule has 0 unspecified atom stereocenters. The minimum Gasteiger partial charge on any atom is -0.454 e. The fraction of sp³-hybridized carbons (Fsp3) is 0.308. The van der Waals surface area contributed by atoms with E-state index in [0.717, 1.165) is 40.8 Å². The summed E-state index contributed by atoms with van der Waals surface area (Å²) in [7, 11) is 1.90. The second-order valence-corrected chi connectivity index (χ2v) is 4.26. The first-order valence-electron chi connectivity index (χ1n) is 5.88. The third-order valence-corrected chi connectivity index (χ3v) is 2.92. The lowest BCUT2D eigenvalue weighted by Crippen LogP contribution is -2.06. The molecule has 0 bridgehead atoms. The van der Waals surface area contributed by atoms with Crippen molar-refractivity contribution in [2.45, 2.75) is 13.5 Å². The average molecular weight is 245 g/mol. The van der Waals surface area contributed by atoms with Crippen LogP contribution in [0.1, 0.15) is 11.5 Å². The van der Waals surface area contributed by atoms with E-state index in [9.17, 15) is 0 Å². The minimum atomic E-state index is 0.295. The summed E-state index contributed by atoms with van der Waals surface area (Å²) in [5, 5.41) is 3.08. The Labute approximate surface area is 105 Å². The number of hydrogen-bond donors (Lipinski definition) is 2. The number of rotatable bonds is 3. The first kappa shape index (κ1) is 11.1. The van der Waals surface area contributed by atoms with Gasteiger partial charge in [-0.3, -0.25) is 0 Å². The van der Waals surface area contributed by atoms with Crippen LogP contribution in [0.25, 0.3) is 11.3 Å². The van der Waals surface area contributed by atoms with Gasteiger partial charge < -0.3 is 19.8 Å². The number of aromatic amines is 1. The topological polar surface area (TPSA) is 59.2 Å². The van der Waals surface area contributed by atoms with Gasteiger partial charge in [-0.2, -0.15) is 0 Å². The molecule has 94 valence electrons. The summed E-state index contributed by atoms with van der Waals surface area (Å²) < 4.78 is 10.7. The molecule has 2 aromatic rings. The third-order valence-electron chi connectivity index (χ3n) is 2.92. The molecule has 0 amide bonds. The zero-order valence-electron chi connectivity index (χ0n) is 10.4. The van der Waals surface area contributed by atoms with Crippen molar-refractivity contribution in [3.8, 4) is 22.8 Å². The second kappa shape index (κ2) is 4.34. The largest absolute Gasteiger partial charge is 0.454 e. The number of fused-ring (bicyclic) bond motifs is 1. The van der Waals surface area contributed by atoms with E-state index in [1.54, 1.807) is 0 Å². The summed E-state index contributed by atoms with van der Waals surface area (Å²) in [5.41, 5.74) is 3.05. The number of benzene rings is 1. The van der Waals surface area contributed by atoms with E-state index >= 15 is 0 Å². The lowest BCUT2D eigenvalue weighted by Gasteiger charge is -2.00. The molecule has 2 N–H and O–H groups in total. The van der Waals surface area contributed by atoms with Crippen molar-refractivity contribution >= 4 is 0 Å². The predicted octanol–water partition coefficient (Wildman–Crippen LogP) is 1.83. The van der Waals surface area contributed by atoms with Crippen LogP contribution in [0.4, 0.5) is 0 Å². The van der Waals surface area contributed by atoms with Gasteiger partial charge in [0, 0.05) is 11.3 Å². The summed E-state index contributed by atoms with van der Waals surface area (Å²) in [6, 6.07) is 5.89. The first-order chi connectivity index (χ1) is 8.78. The van der Waals surface area contributed by atoms with Crippen LogP contribution in [0.5, 0.6) is 11.5 Å². The number of H-pyrrole nitrogens is 1. The van der Waals surface area contributed by atoms with Crippen LogP contribution < -0.4 is 14.8 Å². The third kappa shape index (κ3) is 1.82. The standard InChI is InChI=1S/C13H15N3O2/c1-8-13(16-12(15-8)6-14-2)9-3-4-10-11(5-9)18-7-17-10/h3-5,14H,6-7H2,1-2H3,(H,15,16). The Bertz CT molecular complexity index is 578. The highest BCUT2D eigenvalue weighted by Gasteiger charge is 2.16. The van der Waals surface area contributed by atoms with Crippen LogP contribution in [0.2, 0.25) is 0 Å². The van der Waals surface area contributed by atoms with Crippen molar-refractivity contribution in [2.24, 2.45) is 0 Å². The molecular formula is C13H15N3O2. The van der Waals surface area contributed by atoms with Crippen LogP contribution >= 0.6 is 0 Å². The molecule has 0 aliphatic carbocycles. The smallest absolute Gasteiger partial charge is 0.231 e. The van der Waals surface area contributed by atoms with Gasteiger partial charge >= 0.3 is 0 Å². The molecule has 1 aromatic carbocycles. The van der Waals surface area contributed by atoms with Gasteiger partial charge in [-0.05, 0) is 32.2 Å². The summed E-state index contributed by atoms with van der Waals surface area (Å²) in [6.45, 7) is 3.04. The average Bonchev–Trinajstić information content (AvgIpc) is 2.95. The number of aromatic nitrogens is 2. The van der Waals surface area contributed by atoms with Crippen LogP contribution in [0.15, 0.2) is 18.2 Å². The summed E-state index contributed by atoms with van der Waals surface area (Å²) in [4.78, 5) is 7.85. The van der Waals surface area contributed by atoms with E-state index in [1.165, 1.54) is 0 Å². The monoisotopic (exact) mass is 245 g/mol. The number of nitrogens with one attached hydrogen (secondary N) is 2. The summed E-state index contributed by atoms with van der Waals surface area (Å²) in [6.07, 6.45) is 0. The molecule has 0 spiro atoms. The number of ether oxygens (including phenoxy) is 2. The van der Waals surface area contributed by atoms with Crippen LogP contribution in [0, 0.1) is 6.92 Å². The molecule has 1 aliphatic rings. The Kier molecular flexibility index (Phi) is 2.68. The molecule has 5 nitrogen and oxygen atoms in total. The van der Waals surface area contributed by atoms with Crippen molar-refractivity contribution in [1.29, 1.82) is 0 Å². The SMILES string of the molecule is CNCc1nc(-c2ccc3c(c2)OCO3)c(C)[nH]1. The lowest BCUT2D eigenvalue weighted by atomic mass is 10.1. The minimum absolute atomic E-state index is 0.295. The van der Waals surface area contributed by atoms with E-state index in [2.05, 4.69) is 15.3 Å². The fourth-order valence-corrected chi connectivity index (χ4v) is 2.10. The van der Waals surface area contributed by atoms with Crippen molar-refractivity contribution < 1.29 is 9.47 Å². The molecule has 1 aliphatic heterocycles. The number of hydrogen-bond acceptors (Lipinski definition) is 4. The van der Waals surface area contributed by atoms with Gasteiger partial charge in [-0.25, -0.2) is 4.98 Å². The van der Waals surface area contributed by atoms with Gasteiger partial charge in [0.25, 0.3) is 0 Å². The van der Waals surface area contributed by atoms with E-state index in [0.29, 0.717) is 6.79 Å². The van der Waals surface area contributed by atoms with Crippen LogP contribution in [-0.4, -0.2) is 23.8 Å². The number of imidazole rings is 1. The van der Waals surface area contributed by atoms with E-state index < -0.39 is 0 Å². The number of aryl methyl sites for hydroxylation is 1. The predicted molar refractivity (Wildman–Crippen MR) is 67.6 cm³/mol. The molecular weight excluding hydrogens is 230 g/mol. The maximum Gasteiger partial charge on any atom is 0.231 e. The normalized spacial score (nSPS) is 13.0. The molecule has 3 rings (SSSR count). The van der Waals surface area contributed by atoms with Crippen LogP contribution in [-0.2, 0) is 6.54 Å². The van der Waals surface area contributed by atoms with Gasteiger partial charge in [0.05, 0.1) is 12.2 Å². The highest BCUT2D eigenvalue weighted by molar-refractivity contribution is 5.66. The summed E-state index contributed by atoms with van der Waals surface area (Å²) in [5.74, 6) is 2.51. The molecule has 2 heterocycles. The van der Waals surface area contributed by atoms with Crippen molar-refractivity contribution in [3.05, 3.63) is 29.7 Å². The number of nitrogens with zero attached hydrogens (tertiary/aromatic N) is 1. The summed E-state index contributed by atoms with van der Waals surface area (Å²) >= 11 is 0. The quantitative estimate of drug-likeness (QED) is 0.866. The first-order valence-corrected chi connectivity index (χ1v) is 5.88. The Balaban J connectivity index is 1.99. The molecule has 5 heteroatoms. The zero-order chi connectivity index (χ0) is 12.5. The zero-order valence-corrected chi connectivity index (χ0v) is 10.4. The van der Waals surface area contributed by atoms with E-state index in [4.69, 9.17) is 9.47 Å². The Morgan fingerprint density at radius 3 is 3.00 bits per heavy atom. The molecule has 0 atom stereocenters. The van der Waals surface area contributed by atoms with Crippen LogP contribution in [0.3, 0.4) is 0 Å². The lowest BCUT2D eigenvalue weighted by molar-refractivity contribution is 0.174. The van der Waals surface area contributed by atoms with E-state index in [1.807, 2.05) is 32.2 Å². The highest BCUT2D eigenvalue weighted by atomic mass is 16.7. The van der Waals surface area contributed by atoms with Gasteiger partial charge in [0.1, 0.15) is 5.82 Å². The van der Waals surface area contributed by atoms with E-state index in [-0.39, 0.29) is 0 Å². The maximum atomic E-state index is 5.38.